The van der Waals surface area contributed by atoms with Gasteiger partial charge >= 0.3 is 0 Å². The highest BCUT2D eigenvalue weighted by atomic mass is 35.5. The highest BCUT2D eigenvalue weighted by molar-refractivity contribution is 6.00. The van der Waals surface area contributed by atoms with E-state index in [-0.39, 0.29) is 31.9 Å². The summed E-state index contributed by atoms with van der Waals surface area (Å²) in [7, 11) is 0. The van der Waals surface area contributed by atoms with Crippen molar-refractivity contribution in [1.29, 1.82) is 0 Å². The van der Waals surface area contributed by atoms with Gasteiger partial charge in [-0.2, -0.15) is 0 Å². The van der Waals surface area contributed by atoms with Crippen LogP contribution in [0.2, 0.25) is 0 Å². The molecule has 0 bridgehead atoms. The summed E-state index contributed by atoms with van der Waals surface area (Å²) in [6.45, 7) is 5.24. The maximum Gasteiger partial charge on any atom is 0.252 e. The van der Waals surface area contributed by atoms with E-state index in [1.54, 1.807) is 51.1 Å². The fraction of sp³-hybridized carbons (Fsp3) is 0.367. The van der Waals surface area contributed by atoms with Crippen molar-refractivity contribution in [1.82, 2.24) is 21.3 Å². The van der Waals surface area contributed by atoms with Crippen molar-refractivity contribution in [2.24, 2.45) is 0 Å². The summed E-state index contributed by atoms with van der Waals surface area (Å²) >= 11 is 0. The van der Waals surface area contributed by atoms with Crippen LogP contribution >= 0.6 is 12.4 Å². The number of hydrogen-bond acceptors (Lipinski definition) is 6. The van der Waals surface area contributed by atoms with Crippen LogP contribution in [0.4, 0.5) is 0 Å². The lowest BCUT2D eigenvalue weighted by Gasteiger charge is -2.28. The fourth-order valence-corrected chi connectivity index (χ4v) is 4.02. The predicted molar refractivity (Wildman–Crippen MR) is 158 cm³/mol. The summed E-state index contributed by atoms with van der Waals surface area (Å²) in [6, 6.07) is 21.3. The van der Waals surface area contributed by atoms with Gasteiger partial charge in [-0.15, -0.1) is 12.4 Å². The Morgan fingerprint density at radius 3 is 2.17 bits per heavy atom. The molecule has 0 radical (unpaired) electrons. The molecule has 3 amide bonds. The summed E-state index contributed by atoms with van der Waals surface area (Å²) in [5.74, 6) is -1.39. The zero-order chi connectivity index (χ0) is 28.4. The smallest absolute Gasteiger partial charge is 0.252 e. The van der Waals surface area contributed by atoms with Crippen LogP contribution in [0.5, 0.6) is 0 Å². The van der Waals surface area contributed by atoms with Gasteiger partial charge in [-0.05, 0) is 49.2 Å². The van der Waals surface area contributed by atoms with Gasteiger partial charge in [-0.3, -0.25) is 14.4 Å². The molecule has 0 spiro atoms. The minimum Gasteiger partial charge on any atom is -0.392 e. The maximum absolute atomic E-state index is 13.3. The number of fused-ring (bicyclic) bond motifs is 1. The number of aliphatic hydroxyl groups is 2. The lowest BCUT2D eigenvalue weighted by Crippen LogP contribution is -2.59. The lowest BCUT2D eigenvalue weighted by molar-refractivity contribution is -0.132. The van der Waals surface area contributed by atoms with Gasteiger partial charge in [-0.25, -0.2) is 0 Å². The first-order chi connectivity index (χ1) is 18.5. The quantitative estimate of drug-likeness (QED) is 0.186. The van der Waals surface area contributed by atoms with Gasteiger partial charge in [0.05, 0.1) is 12.2 Å². The van der Waals surface area contributed by atoms with Crippen molar-refractivity contribution in [3.63, 3.8) is 0 Å². The molecule has 0 fully saturated rings. The van der Waals surface area contributed by atoms with Gasteiger partial charge in [0.25, 0.3) is 5.91 Å². The largest absolute Gasteiger partial charge is 0.392 e. The van der Waals surface area contributed by atoms with E-state index in [2.05, 4.69) is 21.3 Å². The first-order valence-corrected chi connectivity index (χ1v) is 13.1. The normalized spacial score (nSPS) is 13.4. The number of amides is 3. The minimum absolute atomic E-state index is 0. The standard InChI is InChI=1S/C30H38N4O5.ClH/c1-20(35)17-31-18-25(36)19-32-28(38)26(16-21-13-14-22-9-7-8-12-24(22)15-21)33-29(39)30(2,3)34-27(37)23-10-5-4-6-11-23;/h4-15,20,25-26,31,35-36H,16-19H2,1-3H3,(H,32,38)(H,33,39)(H,34,37);1H/t20-,25?,26-;/m1./s1. The molecule has 216 valence electrons. The third-order valence-electron chi connectivity index (χ3n) is 6.24. The Hall–Kier alpha value is -3.50. The summed E-state index contributed by atoms with van der Waals surface area (Å²) in [4.78, 5) is 39.2. The number of rotatable bonds is 13. The van der Waals surface area contributed by atoms with Crippen LogP contribution in [0.3, 0.4) is 0 Å². The van der Waals surface area contributed by atoms with E-state index < -0.39 is 41.5 Å². The van der Waals surface area contributed by atoms with Crippen LogP contribution in [0.15, 0.2) is 72.8 Å². The van der Waals surface area contributed by atoms with Crippen LogP contribution < -0.4 is 21.3 Å². The Morgan fingerprint density at radius 2 is 1.50 bits per heavy atom. The maximum atomic E-state index is 13.3. The molecule has 0 aliphatic rings. The molecule has 40 heavy (non-hydrogen) atoms. The third-order valence-corrected chi connectivity index (χ3v) is 6.24. The summed E-state index contributed by atoms with van der Waals surface area (Å²) in [6.07, 6.45) is -1.23. The number of carbonyl (C=O) groups is 3. The van der Waals surface area contributed by atoms with E-state index in [0.29, 0.717) is 12.1 Å². The Labute approximate surface area is 241 Å². The number of aliphatic hydroxyl groups excluding tert-OH is 2. The number of carbonyl (C=O) groups excluding carboxylic acids is 3. The molecule has 0 heterocycles. The Morgan fingerprint density at radius 1 is 0.850 bits per heavy atom. The molecule has 0 aliphatic carbocycles. The first kappa shape index (κ1) is 32.7. The topological polar surface area (TPSA) is 140 Å². The van der Waals surface area contributed by atoms with E-state index in [4.69, 9.17) is 0 Å². The molecule has 10 heteroatoms. The molecule has 0 saturated carbocycles. The molecule has 6 N–H and O–H groups in total. The average Bonchev–Trinajstić information content (AvgIpc) is 2.91. The van der Waals surface area contributed by atoms with E-state index in [9.17, 15) is 24.6 Å². The first-order valence-electron chi connectivity index (χ1n) is 13.1. The molecule has 1 unspecified atom stereocenters. The predicted octanol–water partition coefficient (Wildman–Crippen LogP) is 1.95. The molecule has 3 rings (SSSR count). The van der Waals surface area contributed by atoms with Gasteiger partial charge in [-0.1, -0.05) is 60.7 Å². The molecular formula is C30H39ClN4O5. The Balaban J connectivity index is 0.00000560. The van der Waals surface area contributed by atoms with Crippen molar-refractivity contribution < 1.29 is 24.6 Å². The van der Waals surface area contributed by atoms with Crippen molar-refractivity contribution in [3.8, 4) is 0 Å². The second kappa shape index (κ2) is 15.3. The molecule has 0 aliphatic heterocycles. The highest BCUT2D eigenvalue weighted by Crippen LogP contribution is 2.17. The highest BCUT2D eigenvalue weighted by Gasteiger charge is 2.33. The second-order valence-corrected chi connectivity index (χ2v) is 10.3. The monoisotopic (exact) mass is 570 g/mol. The average molecular weight is 571 g/mol. The summed E-state index contributed by atoms with van der Waals surface area (Å²) in [5.41, 5.74) is -0.0411. The number of benzene rings is 3. The van der Waals surface area contributed by atoms with Crippen molar-refractivity contribution in [2.75, 3.05) is 19.6 Å². The van der Waals surface area contributed by atoms with Crippen LogP contribution in [0.1, 0.15) is 36.7 Å². The number of halogens is 1. The minimum atomic E-state index is -1.31. The summed E-state index contributed by atoms with van der Waals surface area (Å²) in [5, 5.41) is 32.8. The van der Waals surface area contributed by atoms with Crippen molar-refractivity contribution >= 4 is 40.9 Å². The molecule has 0 aromatic heterocycles. The molecule has 3 aromatic carbocycles. The molecule has 3 atom stereocenters. The van der Waals surface area contributed by atoms with E-state index >= 15 is 0 Å². The Kier molecular flexibility index (Phi) is 12.5. The molecule has 3 aromatic rings. The van der Waals surface area contributed by atoms with Gasteiger partial charge in [0, 0.05) is 31.6 Å². The van der Waals surface area contributed by atoms with Gasteiger partial charge in [0.2, 0.25) is 11.8 Å². The Bertz CT molecular complexity index is 1270. The van der Waals surface area contributed by atoms with Crippen LogP contribution in [0, 0.1) is 0 Å². The third kappa shape index (κ3) is 9.91. The zero-order valence-corrected chi connectivity index (χ0v) is 23.8. The van der Waals surface area contributed by atoms with Crippen LogP contribution in [0.25, 0.3) is 10.8 Å². The van der Waals surface area contributed by atoms with E-state index in [0.717, 1.165) is 16.3 Å². The van der Waals surface area contributed by atoms with E-state index in [1.165, 1.54) is 0 Å². The molecular weight excluding hydrogens is 532 g/mol. The zero-order valence-electron chi connectivity index (χ0n) is 23.0. The lowest BCUT2D eigenvalue weighted by atomic mass is 9.98. The fourth-order valence-electron chi connectivity index (χ4n) is 4.02. The SMILES string of the molecule is C[C@@H](O)CNCC(O)CNC(=O)[C@@H](Cc1ccc2ccccc2c1)NC(=O)C(C)(C)NC(=O)c1ccccc1.Cl. The number of nitrogens with one attached hydrogen (secondary N) is 4. The van der Waals surface area contributed by atoms with Crippen LogP contribution in [-0.2, 0) is 16.0 Å². The van der Waals surface area contributed by atoms with E-state index in [1.807, 2.05) is 42.5 Å². The summed E-state index contributed by atoms with van der Waals surface area (Å²) < 4.78 is 0. The van der Waals surface area contributed by atoms with Crippen LogP contribution in [-0.4, -0.2) is 71.4 Å². The second-order valence-electron chi connectivity index (χ2n) is 10.3. The van der Waals surface area contributed by atoms with Gasteiger partial charge in [0.1, 0.15) is 11.6 Å². The molecule has 9 nitrogen and oxygen atoms in total. The van der Waals surface area contributed by atoms with Crippen molar-refractivity contribution in [3.05, 3.63) is 83.9 Å². The molecule has 0 saturated heterocycles. The number of hydrogen-bond donors (Lipinski definition) is 6. The van der Waals surface area contributed by atoms with Gasteiger partial charge in [0.15, 0.2) is 0 Å². The van der Waals surface area contributed by atoms with Crippen molar-refractivity contribution in [2.45, 2.75) is 51.0 Å². The van der Waals surface area contributed by atoms with Gasteiger partial charge < -0.3 is 31.5 Å².